The lowest BCUT2D eigenvalue weighted by atomic mass is 10.1. The maximum atomic E-state index is 12.7. The normalized spacial score (nSPS) is 15.4. The van der Waals surface area contributed by atoms with Crippen LogP contribution in [0, 0.1) is 0 Å². The zero-order chi connectivity index (χ0) is 22.2. The quantitative estimate of drug-likeness (QED) is 0.495. The largest absolute Gasteiger partial charge is 0.507 e. The number of phenols is 1. The molecule has 1 heterocycles. The molecule has 2 aromatic carbocycles. The Morgan fingerprint density at radius 3 is 2.47 bits per heavy atom. The van der Waals surface area contributed by atoms with Crippen LogP contribution in [0.1, 0.15) is 60.1 Å². The van der Waals surface area contributed by atoms with Gasteiger partial charge >= 0.3 is 6.03 Å². The first-order chi connectivity index (χ1) is 15.5. The molecular formula is C25H26N4O3. The van der Waals surface area contributed by atoms with Gasteiger partial charge in [0, 0.05) is 28.8 Å². The second-order valence-electron chi connectivity index (χ2n) is 8.60. The summed E-state index contributed by atoms with van der Waals surface area (Å²) in [5.74, 6) is 0.138. The lowest BCUT2D eigenvalue weighted by Crippen LogP contribution is -2.32. The Kier molecular flexibility index (Phi) is 5.17. The molecule has 7 heteroatoms. The number of hydrogen-bond acceptors (Lipinski definition) is 4. The van der Waals surface area contributed by atoms with E-state index in [4.69, 9.17) is 0 Å². The van der Waals surface area contributed by atoms with E-state index < -0.39 is 0 Å². The number of amides is 2. The molecule has 2 fully saturated rings. The predicted octanol–water partition coefficient (Wildman–Crippen LogP) is 4.67. The topological polar surface area (TPSA) is 96.2 Å². The minimum absolute atomic E-state index is 0.0462. The fraction of sp³-hybridized carbons (Fsp3) is 0.320. The minimum atomic E-state index is -0.225. The van der Waals surface area contributed by atoms with Crippen molar-refractivity contribution in [3.8, 4) is 17.0 Å². The molecule has 2 amide bonds. The van der Waals surface area contributed by atoms with Crippen molar-refractivity contribution in [2.24, 2.45) is 0 Å². The molecule has 0 aliphatic heterocycles. The Labute approximate surface area is 186 Å². The molecule has 7 nitrogen and oxygen atoms in total. The van der Waals surface area contributed by atoms with Crippen molar-refractivity contribution in [1.82, 2.24) is 15.1 Å². The molecule has 5 rings (SSSR count). The third-order valence-electron chi connectivity index (χ3n) is 5.98. The molecule has 0 bridgehead atoms. The van der Waals surface area contributed by atoms with Crippen LogP contribution in [-0.2, 0) is 6.42 Å². The average molecular weight is 431 g/mol. The highest BCUT2D eigenvalue weighted by Gasteiger charge is 2.32. The van der Waals surface area contributed by atoms with Gasteiger partial charge < -0.3 is 15.7 Å². The highest BCUT2D eigenvalue weighted by molar-refractivity contribution is 6.04. The van der Waals surface area contributed by atoms with Crippen molar-refractivity contribution in [3.05, 3.63) is 65.4 Å². The van der Waals surface area contributed by atoms with Gasteiger partial charge in [0.1, 0.15) is 5.75 Å². The van der Waals surface area contributed by atoms with Crippen LogP contribution < -0.4 is 10.6 Å². The van der Waals surface area contributed by atoms with Crippen molar-refractivity contribution < 1.29 is 14.7 Å². The summed E-state index contributed by atoms with van der Waals surface area (Å²) < 4.78 is 1.44. The Bertz CT molecular complexity index is 1170. The van der Waals surface area contributed by atoms with Crippen LogP contribution in [0.2, 0.25) is 0 Å². The molecule has 0 saturated heterocycles. The lowest BCUT2D eigenvalue weighted by molar-refractivity contribution is 0.102. The number of phenolic OH excluding ortho intramolecular Hbond substituents is 1. The van der Waals surface area contributed by atoms with Crippen molar-refractivity contribution in [3.63, 3.8) is 0 Å². The van der Waals surface area contributed by atoms with Gasteiger partial charge in [-0.1, -0.05) is 19.1 Å². The SMILES string of the molecule is CCc1ccc(C(=O)Nc2ccc(O)c(-c3cc(C4CC4)n(C(=O)NC4CC4)n3)c2)cc1. The zero-order valence-corrected chi connectivity index (χ0v) is 18.0. The molecule has 0 unspecified atom stereocenters. The second-order valence-corrected chi connectivity index (χ2v) is 8.60. The summed E-state index contributed by atoms with van der Waals surface area (Å²) in [4.78, 5) is 25.3. The van der Waals surface area contributed by atoms with E-state index in [9.17, 15) is 14.7 Å². The fourth-order valence-corrected chi connectivity index (χ4v) is 3.74. The maximum Gasteiger partial charge on any atom is 0.342 e. The van der Waals surface area contributed by atoms with E-state index in [2.05, 4.69) is 22.7 Å². The summed E-state index contributed by atoms with van der Waals surface area (Å²) >= 11 is 0. The second kappa shape index (κ2) is 8.15. The number of aryl methyl sites for hydroxylation is 1. The molecule has 0 atom stereocenters. The minimum Gasteiger partial charge on any atom is -0.507 e. The maximum absolute atomic E-state index is 12.7. The van der Waals surface area contributed by atoms with E-state index in [0.717, 1.165) is 37.8 Å². The molecule has 164 valence electrons. The number of nitrogens with zero attached hydrogens (tertiary/aromatic N) is 2. The molecule has 0 radical (unpaired) electrons. The summed E-state index contributed by atoms with van der Waals surface area (Å²) in [7, 11) is 0. The van der Waals surface area contributed by atoms with Crippen molar-refractivity contribution in [2.75, 3.05) is 5.32 Å². The first-order valence-corrected chi connectivity index (χ1v) is 11.2. The number of anilines is 1. The third kappa shape index (κ3) is 4.23. The summed E-state index contributed by atoms with van der Waals surface area (Å²) in [5, 5.41) is 20.9. The molecule has 3 N–H and O–H groups in total. The molecule has 3 aromatic rings. The number of aromatic hydroxyl groups is 1. The van der Waals surface area contributed by atoms with Gasteiger partial charge in [0.2, 0.25) is 0 Å². The van der Waals surface area contributed by atoms with Crippen LogP contribution >= 0.6 is 0 Å². The van der Waals surface area contributed by atoms with Gasteiger partial charge in [-0.15, -0.1) is 0 Å². The standard InChI is InChI=1S/C25H26N4O3/c1-2-15-3-5-17(6-4-15)24(31)26-19-11-12-23(30)20(13-19)21-14-22(16-7-8-16)29(28-21)25(32)27-18-9-10-18/h3-6,11-14,16,18,30H,2,7-10H2,1H3,(H,26,31)(H,27,32). The number of rotatable bonds is 6. The van der Waals surface area contributed by atoms with E-state index in [1.165, 1.54) is 16.3 Å². The van der Waals surface area contributed by atoms with Gasteiger partial charge in [0.05, 0.1) is 11.4 Å². The van der Waals surface area contributed by atoms with Crippen molar-refractivity contribution >= 4 is 17.6 Å². The summed E-state index contributed by atoms with van der Waals surface area (Å²) in [6.45, 7) is 2.07. The van der Waals surface area contributed by atoms with Gasteiger partial charge in [-0.3, -0.25) is 4.79 Å². The number of nitrogens with one attached hydrogen (secondary N) is 2. The molecule has 32 heavy (non-hydrogen) atoms. The van der Waals surface area contributed by atoms with Crippen molar-refractivity contribution in [2.45, 2.75) is 51.0 Å². The number of hydrogen-bond donors (Lipinski definition) is 3. The van der Waals surface area contributed by atoms with Crippen LogP contribution in [0.5, 0.6) is 5.75 Å². The smallest absolute Gasteiger partial charge is 0.342 e. The number of aromatic nitrogens is 2. The molecule has 2 aliphatic rings. The monoisotopic (exact) mass is 430 g/mol. The van der Waals surface area contributed by atoms with Gasteiger partial charge in [0.15, 0.2) is 0 Å². The van der Waals surface area contributed by atoms with Crippen molar-refractivity contribution in [1.29, 1.82) is 0 Å². The number of carbonyl (C=O) groups excluding carboxylic acids is 2. The average Bonchev–Trinajstić information content (AvgIpc) is 3.74. The zero-order valence-electron chi connectivity index (χ0n) is 18.0. The van der Waals surface area contributed by atoms with E-state index in [1.54, 1.807) is 24.3 Å². The van der Waals surface area contributed by atoms with Gasteiger partial charge in [-0.05, 0) is 74.1 Å². The lowest BCUT2D eigenvalue weighted by Gasteiger charge is -2.09. The molecule has 2 aliphatic carbocycles. The first-order valence-electron chi connectivity index (χ1n) is 11.2. The van der Waals surface area contributed by atoms with Gasteiger partial charge in [0.25, 0.3) is 5.91 Å². The Morgan fingerprint density at radius 2 is 1.81 bits per heavy atom. The van der Waals surface area contributed by atoms with E-state index in [-0.39, 0.29) is 23.7 Å². The highest BCUT2D eigenvalue weighted by Crippen LogP contribution is 2.42. The fourth-order valence-electron chi connectivity index (χ4n) is 3.74. The van der Waals surface area contributed by atoms with Gasteiger partial charge in [-0.2, -0.15) is 9.78 Å². The Balaban J connectivity index is 1.41. The van der Waals surface area contributed by atoms with Crippen LogP contribution in [-0.4, -0.2) is 32.9 Å². The molecule has 2 saturated carbocycles. The predicted molar refractivity (Wildman–Crippen MR) is 122 cm³/mol. The molecular weight excluding hydrogens is 404 g/mol. The Hall–Kier alpha value is -3.61. The van der Waals surface area contributed by atoms with Crippen LogP contribution in [0.4, 0.5) is 10.5 Å². The number of benzene rings is 2. The van der Waals surface area contributed by atoms with E-state index >= 15 is 0 Å². The van der Waals surface area contributed by atoms with E-state index in [0.29, 0.717) is 28.4 Å². The van der Waals surface area contributed by atoms with Crippen LogP contribution in [0.15, 0.2) is 48.5 Å². The number of carbonyl (C=O) groups is 2. The third-order valence-corrected chi connectivity index (χ3v) is 5.98. The van der Waals surface area contributed by atoms with E-state index in [1.807, 2.05) is 18.2 Å². The van der Waals surface area contributed by atoms with Gasteiger partial charge in [-0.25, -0.2) is 4.79 Å². The highest BCUT2D eigenvalue weighted by atomic mass is 16.3. The summed E-state index contributed by atoms with van der Waals surface area (Å²) in [6, 6.07) is 14.2. The molecule has 0 spiro atoms. The van der Waals surface area contributed by atoms with Crippen LogP contribution in [0.25, 0.3) is 11.3 Å². The summed E-state index contributed by atoms with van der Waals surface area (Å²) in [5.41, 5.74) is 4.13. The Morgan fingerprint density at radius 1 is 1.06 bits per heavy atom. The summed E-state index contributed by atoms with van der Waals surface area (Å²) in [6.07, 6.45) is 4.98. The first kappa shape index (κ1) is 20.3. The van der Waals surface area contributed by atoms with Crippen LogP contribution in [0.3, 0.4) is 0 Å². The molecule has 1 aromatic heterocycles.